The van der Waals surface area contributed by atoms with Crippen LogP contribution in [0.3, 0.4) is 0 Å². The van der Waals surface area contributed by atoms with Gasteiger partial charge in [-0.15, -0.1) is 0 Å². The first-order valence-electron chi connectivity index (χ1n) is 6.11. The van der Waals surface area contributed by atoms with Gasteiger partial charge in [-0.25, -0.2) is 9.78 Å². The van der Waals surface area contributed by atoms with Crippen molar-refractivity contribution in [2.24, 2.45) is 0 Å². The fourth-order valence-corrected chi connectivity index (χ4v) is 2.14. The van der Waals surface area contributed by atoms with Gasteiger partial charge < -0.3 is 10.2 Å². The first kappa shape index (κ1) is 11.9. The van der Waals surface area contributed by atoms with E-state index in [0.29, 0.717) is 18.4 Å². The maximum atomic E-state index is 11.9. The van der Waals surface area contributed by atoms with Crippen LogP contribution in [0.2, 0.25) is 0 Å². The SMILES string of the molecule is CN(Cc1ncn[nH]1)C(=O)NC1CCCCC1. The van der Waals surface area contributed by atoms with Crippen LogP contribution in [0, 0.1) is 0 Å². The molecule has 2 rings (SSSR count). The summed E-state index contributed by atoms with van der Waals surface area (Å²) in [5, 5.41) is 9.56. The van der Waals surface area contributed by atoms with Crippen LogP contribution in [-0.4, -0.2) is 39.2 Å². The van der Waals surface area contributed by atoms with Crippen molar-refractivity contribution in [2.45, 2.75) is 44.7 Å². The highest BCUT2D eigenvalue weighted by Gasteiger charge is 2.18. The van der Waals surface area contributed by atoms with E-state index in [0.717, 1.165) is 12.8 Å². The molecule has 0 bridgehead atoms. The molecule has 0 saturated heterocycles. The van der Waals surface area contributed by atoms with E-state index < -0.39 is 0 Å². The van der Waals surface area contributed by atoms with Crippen molar-refractivity contribution in [1.82, 2.24) is 25.4 Å². The van der Waals surface area contributed by atoms with E-state index >= 15 is 0 Å². The van der Waals surface area contributed by atoms with Gasteiger partial charge in [-0.1, -0.05) is 19.3 Å². The molecule has 0 unspecified atom stereocenters. The Kier molecular flexibility index (Phi) is 3.95. The van der Waals surface area contributed by atoms with Crippen molar-refractivity contribution < 1.29 is 4.79 Å². The average molecular weight is 237 g/mol. The molecule has 0 radical (unpaired) electrons. The lowest BCUT2D eigenvalue weighted by Crippen LogP contribution is -2.43. The Morgan fingerprint density at radius 3 is 2.94 bits per heavy atom. The lowest BCUT2D eigenvalue weighted by Gasteiger charge is -2.25. The van der Waals surface area contributed by atoms with Crippen LogP contribution in [0.15, 0.2) is 6.33 Å². The van der Waals surface area contributed by atoms with E-state index in [4.69, 9.17) is 0 Å². The number of nitrogens with zero attached hydrogens (tertiary/aromatic N) is 3. The number of aromatic amines is 1. The summed E-state index contributed by atoms with van der Waals surface area (Å²) in [5.41, 5.74) is 0. The molecule has 1 aliphatic carbocycles. The molecule has 6 heteroatoms. The minimum atomic E-state index is -0.0340. The van der Waals surface area contributed by atoms with Gasteiger partial charge in [-0.05, 0) is 12.8 Å². The van der Waals surface area contributed by atoms with Gasteiger partial charge >= 0.3 is 6.03 Å². The largest absolute Gasteiger partial charge is 0.335 e. The molecule has 1 aromatic rings. The number of hydrogen-bond donors (Lipinski definition) is 2. The molecule has 1 aliphatic rings. The molecule has 1 aromatic heterocycles. The van der Waals surface area contributed by atoms with E-state index in [1.165, 1.54) is 25.6 Å². The minimum absolute atomic E-state index is 0.0340. The zero-order valence-corrected chi connectivity index (χ0v) is 10.1. The first-order chi connectivity index (χ1) is 8.25. The number of rotatable bonds is 3. The van der Waals surface area contributed by atoms with Crippen LogP contribution in [0.25, 0.3) is 0 Å². The van der Waals surface area contributed by atoms with Crippen molar-refractivity contribution in [1.29, 1.82) is 0 Å². The fourth-order valence-electron chi connectivity index (χ4n) is 2.14. The Bertz CT molecular complexity index is 345. The van der Waals surface area contributed by atoms with Gasteiger partial charge in [0.1, 0.15) is 12.2 Å². The van der Waals surface area contributed by atoms with Crippen LogP contribution in [-0.2, 0) is 6.54 Å². The second kappa shape index (κ2) is 5.65. The summed E-state index contributed by atoms with van der Waals surface area (Å²) in [5.74, 6) is 0.700. The van der Waals surface area contributed by atoms with Gasteiger partial charge in [-0.3, -0.25) is 5.10 Å². The molecule has 1 fully saturated rings. The molecular formula is C11H19N5O. The normalized spacial score (nSPS) is 16.8. The second-order valence-corrected chi connectivity index (χ2v) is 4.57. The molecule has 2 amide bonds. The third-order valence-electron chi connectivity index (χ3n) is 3.13. The van der Waals surface area contributed by atoms with Gasteiger partial charge in [0.2, 0.25) is 0 Å². The number of carbonyl (C=O) groups excluding carboxylic acids is 1. The summed E-state index contributed by atoms with van der Waals surface area (Å²) in [6, 6.07) is 0.307. The zero-order chi connectivity index (χ0) is 12.1. The van der Waals surface area contributed by atoms with Gasteiger partial charge in [-0.2, -0.15) is 5.10 Å². The fraction of sp³-hybridized carbons (Fsp3) is 0.727. The molecule has 0 aromatic carbocycles. The van der Waals surface area contributed by atoms with E-state index in [2.05, 4.69) is 20.5 Å². The van der Waals surface area contributed by atoms with Crippen LogP contribution >= 0.6 is 0 Å². The zero-order valence-electron chi connectivity index (χ0n) is 10.1. The number of carbonyl (C=O) groups is 1. The Labute approximate surface area is 101 Å². The lowest BCUT2D eigenvalue weighted by molar-refractivity contribution is 0.197. The Hall–Kier alpha value is -1.59. The summed E-state index contributed by atoms with van der Waals surface area (Å²) < 4.78 is 0. The smallest absolute Gasteiger partial charge is 0.317 e. The van der Waals surface area contributed by atoms with Crippen LogP contribution in [0.4, 0.5) is 4.79 Å². The molecule has 0 atom stereocenters. The Morgan fingerprint density at radius 2 is 2.29 bits per heavy atom. The first-order valence-corrected chi connectivity index (χ1v) is 6.11. The molecule has 6 nitrogen and oxygen atoms in total. The monoisotopic (exact) mass is 237 g/mol. The minimum Gasteiger partial charge on any atom is -0.335 e. The average Bonchev–Trinajstić information content (AvgIpc) is 2.83. The predicted octanol–water partition coefficient (Wildman–Crippen LogP) is 1.28. The van der Waals surface area contributed by atoms with Crippen molar-refractivity contribution in [3.05, 3.63) is 12.2 Å². The summed E-state index contributed by atoms with van der Waals surface area (Å²) in [6.45, 7) is 0.457. The Morgan fingerprint density at radius 1 is 1.53 bits per heavy atom. The molecule has 0 aliphatic heterocycles. The Balaban J connectivity index is 1.78. The van der Waals surface area contributed by atoms with Crippen LogP contribution in [0.5, 0.6) is 0 Å². The summed E-state index contributed by atoms with van der Waals surface area (Å²) in [7, 11) is 1.76. The predicted molar refractivity (Wildman–Crippen MR) is 63.3 cm³/mol. The summed E-state index contributed by atoms with van der Waals surface area (Å²) in [4.78, 5) is 17.5. The number of nitrogens with one attached hydrogen (secondary N) is 2. The number of H-pyrrole nitrogens is 1. The van der Waals surface area contributed by atoms with Gasteiger partial charge in [0.15, 0.2) is 0 Å². The van der Waals surface area contributed by atoms with Gasteiger partial charge in [0, 0.05) is 13.1 Å². The number of aromatic nitrogens is 3. The van der Waals surface area contributed by atoms with Gasteiger partial charge in [0.05, 0.1) is 6.54 Å². The van der Waals surface area contributed by atoms with E-state index in [1.54, 1.807) is 11.9 Å². The molecular weight excluding hydrogens is 218 g/mol. The topological polar surface area (TPSA) is 73.9 Å². The molecule has 1 heterocycles. The summed E-state index contributed by atoms with van der Waals surface area (Å²) >= 11 is 0. The quantitative estimate of drug-likeness (QED) is 0.831. The molecule has 94 valence electrons. The molecule has 2 N–H and O–H groups in total. The number of urea groups is 1. The number of hydrogen-bond acceptors (Lipinski definition) is 3. The maximum absolute atomic E-state index is 11.9. The highest BCUT2D eigenvalue weighted by Crippen LogP contribution is 2.17. The van der Waals surface area contributed by atoms with Gasteiger partial charge in [0.25, 0.3) is 0 Å². The van der Waals surface area contributed by atoms with E-state index in [1.807, 2.05) is 0 Å². The molecule has 17 heavy (non-hydrogen) atoms. The third-order valence-corrected chi connectivity index (χ3v) is 3.13. The van der Waals surface area contributed by atoms with Crippen LogP contribution in [0.1, 0.15) is 37.9 Å². The van der Waals surface area contributed by atoms with E-state index in [-0.39, 0.29) is 6.03 Å². The standard InChI is InChI=1S/C11H19N5O/c1-16(7-10-12-8-13-15-10)11(17)14-9-5-3-2-4-6-9/h8-9H,2-7H2,1H3,(H,14,17)(H,12,13,15). The number of amides is 2. The third kappa shape index (κ3) is 3.44. The van der Waals surface area contributed by atoms with E-state index in [9.17, 15) is 4.79 Å². The maximum Gasteiger partial charge on any atom is 0.317 e. The summed E-state index contributed by atoms with van der Waals surface area (Å²) in [6.07, 6.45) is 7.37. The van der Waals surface area contributed by atoms with Crippen molar-refractivity contribution in [2.75, 3.05) is 7.05 Å². The molecule has 0 spiro atoms. The highest BCUT2D eigenvalue weighted by molar-refractivity contribution is 5.74. The van der Waals surface area contributed by atoms with Crippen molar-refractivity contribution in [3.8, 4) is 0 Å². The lowest BCUT2D eigenvalue weighted by atomic mass is 9.96. The van der Waals surface area contributed by atoms with Crippen LogP contribution < -0.4 is 5.32 Å². The highest BCUT2D eigenvalue weighted by atomic mass is 16.2. The molecule has 1 saturated carbocycles. The van der Waals surface area contributed by atoms with Crippen molar-refractivity contribution in [3.63, 3.8) is 0 Å². The second-order valence-electron chi connectivity index (χ2n) is 4.57. The van der Waals surface area contributed by atoms with Crippen molar-refractivity contribution >= 4 is 6.03 Å².